The summed E-state index contributed by atoms with van der Waals surface area (Å²) in [6, 6.07) is 17.0. The van der Waals surface area contributed by atoms with Crippen LogP contribution in [-0.4, -0.2) is 16.7 Å². The Bertz CT molecular complexity index is 759. The van der Waals surface area contributed by atoms with Gasteiger partial charge in [0.1, 0.15) is 5.69 Å². The van der Waals surface area contributed by atoms with E-state index in [2.05, 4.69) is 59.3 Å². The van der Waals surface area contributed by atoms with Gasteiger partial charge in [-0.15, -0.1) is 6.58 Å². The number of nitrogens with zero attached hydrogens (tertiary/aromatic N) is 1. The smallest absolute Gasteiger partial charge is 0.100 e. The number of aromatic nitrogens is 2. The lowest BCUT2D eigenvalue weighted by molar-refractivity contribution is 0.555. The summed E-state index contributed by atoms with van der Waals surface area (Å²) < 4.78 is 0. The molecule has 1 heterocycles. The molecule has 3 rings (SSSR count). The van der Waals surface area contributed by atoms with Crippen molar-refractivity contribution in [2.75, 3.05) is 6.54 Å². The molecule has 1 unspecified atom stereocenters. The van der Waals surface area contributed by atoms with Gasteiger partial charge < -0.3 is 5.32 Å². The Kier molecular flexibility index (Phi) is 4.35. The van der Waals surface area contributed by atoms with E-state index in [9.17, 15) is 0 Å². The van der Waals surface area contributed by atoms with E-state index in [0.29, 0.717) is 6.04 Å². The lowest BCUT2D eigenvalue weighted by Crippen LogP contribution is -2.20. The van der Waals surface area contributed by atoms with Gasteiger partial charge in [-0.2, -0.15) is 5.10 Å². The number of hydrogen-bond donors (Lipinski definition) is 2. The predicted octanol–water partition coefficient (Wildman–Crippen LogP) is 4.46. The van der Waals surface area contributed by atoms with Crippen LogP contribution in [0.2, 0.25) is 0 Å². The summed E-state index contributed by atoms with van der Waals surface area (Å²) in [5, 5.41) is 12.5. The highest BCUT2D eigenvalue weighted by Crippen LogP contribution is 2.33. The third-order valence-corrected chi connectivity index (χ3v) is 3.96. The molecule has 2 N–H and O–H groups in total. The van der Waals surface area contributed by atoms with Gasteiger partial charge in [-0.05, 0) is 18.1 Å². The highest BCUT2D eigenvalue weighted by atomic mass is 15.1. The Hall–Kier alpha value is -2.39. The van der Waals surface area contributed by atoms with Crippen LogP contribution in [0.3, 0.4) is 0 Å². The quantitative estimate of drug-likeness (QED) is 0.658. The van der Waals surface area contributed by atoms with Crippen molar-refractivity contribution in [2.45, 2.75) is 19.4 Å². The summed E-state index contributed by atoms with van der Waals surface area (Å²) in [6.07, 6.45) is 2.92. The molecule has 0 fully saturated rings. The molecular formula is C19H21N3. The number of nitrogens with one attached hydrogen (secondary N) is 2. The Morgan fingerprint density at radius 1 is 1.18 bits per heavy atom. The van der Waals surface area contributed by atoms with Crippen molar-refractivity contribution >= 4 is 10.9 Å². The molecule has 1 aromatic heterocycles. The highest BCUT2D eigenvalue weighted by Gasteiger charge is 2.17. The van der Waals surface area contributed by atoms with Crippen LogP contribution in [0.4, 0.5) is 0 Å². The Balaban J connectivity index is 2.14. The first-order chi connectivity index (χ1) is 10.8. The fourth-order valence-electron chi connectivity index (χ4n) is 2.89. The molecule has 3 aromatic rings. The van der Waals surface area contributed by atoms with Crippen molar-refractivity contribution in [2.24, 2.45) is 0 Å². The van der Waals surface area contributed by atoms with Crippen LogP contribution in [-0.2, 0) is 0 Å². The van der Waals surface area contributed by atoms with Gasteiger partial charge >= 0.3 is 0 Å². The maximum atomic E-state index is 4.55. The maximum Gasteiger partial charge on any atom is 0.100 e. The zero-order chi connectivity index (χ0) is 15.4. The van der Waals surface area contributed by atoms with Gasteiger partial charge in [-0.3, -0.25) is 5.10 Å². The fourth-order valence-corrected chi connectivity index (χ4v) is 2.89. The van der Waals surface area contributed by atoms with Gasteiger partial charge in [-0.1, -0.05) is 55.5 Å². The van der Waals surface area contributed by atoms with Gasteiger partial charge in [0, 0.05) is 23.5 Å². The lowest BCUT2D eigenvalue weighted by Gasteiger charge is -2.18. The van der Waals surface area contributed by atoms with Gasteiger partial charge in [0.15, 0.2) is 0 Å². The van der Waals surface area contributed by atoms with Crippen LogP contribution in [0.15, 0.2) is 61.2 Å². The summed E-state index contributed by atoms with van der Waals surface area (Å²) in [5.74, 6) is 0. The molecule has 0 radical (unpaired) electrons. The topological polar surface area (TPSA) is 40.7 Å². The number of hydrogen-bond acceptors (Lipinski definition) is 2. The molecule has 1 atom stereocenters. The molecule has 0 aliphatic carbocycles. The molecule has 3 nitrogen and oxygen atoms in total. The average Bonchev–Trinajstić information content (AvgIpc) is 3.01. The van der Waals surface area contributed by atoms with Crippen LogP contribution >= 0.6 is 0 Å². The second kappa shape index (κ2) is 6.58. The summed E-state index contributed by atoms with van der Waals surface area (Å²) >= 11 is 0. The largest absolute Gasteiger partial charge is 0.306 e. The normalized spacial score (nSPS) is 12.4. The maximum absolute atomic E-state index is 4.55. The van der Waals surface area contributed by atoms with Crippen molar-refractivity contribution in [1.82, 2.24) is 15.5 Å². The Morgan fingerprint density at radius 2 is 2.00 bits per heavy atom. The van der Waals surface area contributed by atoms with Crippen LogP contribution in [0.1, 0.15) is 24.9 Å². The van der Waals surface area contributed by atoms with E-state index < -0.39 is 0 Å². The van der Waals surface area contributed by atoms with Crippen molar-refractivity contribution < 1.29 is 0 Å². The third kappa shape index (κ3) is 2.68. The van der Waals surface area contributed by atoms with E-state index in [4.69, 9.17) is 0 Å². The van der Waals surface area contributed by atoms with Crippen molar-refractivity contribution in [3.63, 3.8) is 0 Å². The van der Waals surface area contributed by atoms with Gasteiger partial charge in [-0.25, -0.2) is 0 Å². The third-order valence-electron chi connectivity index (χ3n) is 3.96. The molecular weight excluding hydrogens is 270 g/mol. The molecule has 22 heavy (non-hydrogen) atoms. The number of aromatic amines is 1. The summed E-state index contributed by atoms with van der Waals surface area (Å²) in [5.41, 5.74) is 4.52. The molecule has 2 aromatic carbocycles. The lowest BCUT2D eigenvalue weighted by atomic mass is 9.96. The number of rotatable bonds is 6. The fraction of sp³-hybridized carbons (Fsp3) is 0.211. The summed E-state index contributed by atoms with van der Waals surface area (Å²) in [4.78, 5) is 0. The van der Waals surface area contributed by atoms with E-state index >= 15 is 0 Å². The summed E-state index contributed by atoms with van der Waals surface area (Å²) in [6.45, 7) is 6.79. The van der Waals surface area contributed by atoms with E-state index in [1.54, 1.807) is 0 Å². The van der Waals surface area contributed by atoms with E-state index in [1.807, 2.05) is 24.3 Å². The van der Waals surface area contributed by atoms with E-state index in [1.165, 1.54) is 10.9 Å². The predicted molar refractivity (Wildman–Crippen MR) is 92.8 cm³/mol. The minimum Gasteiger partial charge on any atom is -0.306 e. The zero-order valence-corrected chi connectivity index (χ0v) is 12.8. The molecule has 0 aliphatic heterocycles. The standard InChI is InChI=1S/C19H21N3/c1-3-13-20-16(4-2)15-11-8-12-17-18(15)19(22-21-17)14-9-6-5-7-10-14/h3,5-12,16,20H,1,4,13H2,2H3,(H,21,22). The first-order valence-electron chi connectivity index (χ1n) is 7.71. The Labute approximate surface area is 131 Å². The first-order valence-corrected chi connectivity index (χ1v) is 7.71. The molecule has 0 bridgehead atoms. The average molecular weight is 291 g/mol. The number of benzene rings is 2. The molecule has 0 spiro atoms. The van der Waals surface area contributed by atoms with Gasteiger partial charge in [0.2, 0.25) is 0 Å². The first kappa shape index (κ1) is 14.5. The number of fused-ring (bicyclic) bond motifs is 1. The molecule has 112 valence electrons. The van der Waals surface area contributed by atoms with Gasteiger partial charge in [0.25, 0.3) is 0 Å². The van der Waals surface area contributed by atoms with Crippen molar-refractivity contribution in [3.05, 3.63) is 66.7 Å². The minimum absolute atomic E-state index is 0.293. The monoisotopic (exact) mass is 291 g/mol. The van der Waals surface area contributed by atoms with Crippen molar-refractivity contribution in [1.29, 1.82) is 0 Å². The molecule has 0 saturated heterocycles. The van der Waals surface area contributed by atoms with Crippen molar-refractivity contribution in [3.8, 4) is 11.3 Å². The highest BCUT2D eigenvalue weighted by molar-refractivity contribution is 5.95. The SMILES string of the molecule is C=CCNC(CC)c1cccc2[nH]nc(-c3ccccc3)c12. The molecule has 0 aliphatic rings. The molecule has 3 heteroatoms. The van der Waals surface area contributed by atoms with Crippen LogP contribution in [0.25, 0.3) is 22.2 Å². The molecule has 0 amide bonds. The van der Waals surface area contributed by atoms with Gasteiger partial charge in [0.05, 0.1) is 5.52 Å². The van der Waals surface area contributed by atoms with Crippen LogP contribution in [0.5, 0.6) is 0 Å². The van der Waals surface area contributed by atoms with Crippen LogP contribution in [0, 0.1) is 0 Å². The summed E-state index contributed by atoms with van der Waals surface area (Å²) in [7, 11) is 0. The minimum atomic E-state index is 0.293. The molecule has 0 saturated carbocycles. The second-order valence-corrected chi connectivity index (χ2v) is 5.37. The second-order valence-electron chi connectivity index (χ2n) is 5.37. The Morgan fingerprint density at radius 3 is 2.73 bits per heavy atom. The number of H-pyrrole nitrogens is 1. The zero-order valence-electron chi connectivity index (χ0n) is 12.8. The van der Waals surface area contributed by atoms with E-state index in [0.717, 1.165) is 29.7 Å². The van der Waals surface area contributed by atoms with E-state index in [-0.39, 0.29) is 0 Å². The van der Waals surface area contributed by atoms with Crippen LogP contribution < -0.4 is 5.32 Å².